The van der Waals surface area contributed by atoms with Crippen molar-refractivity contribution in [2.24, 2.45) is 5.41 Å². The normalized spacial score (nSPS) is 22.3. The summed E-state index contributed by atoms with van der Waals surface area (Å²) in [4.78, 5) is 14.2. The van der Waals surface area contributed by atoms with Crippen LogP contribution in [0.25, 0.3) is 0 Å². The van der Waals surface area contributed by atoms with Crippen LogP contribution in [0.15, 0.2) is 40.9 Å². The molecular formula is C18H22N2O3. The average molecular weight is 314 g/mol. The van der Waals surface area contributed by atoms with Crippen molar-refractivity contribution in [2.75, 3.05) is 7.05 Å². The predicted octanol–water partition coefficient (Wildman–Crippen LogP) is 3.30. The SMILES string of the molecule is Cc1cc(C(=O)N(C)[C@@H]2C[C@H](Oc3ccccc3)C2(C)C)on1. The van der Waals surface area contributed by atoms with E-state index in [0.29, 0.717) is 5.69 Å². The number of aryl methyl sites for hydroxylation is 1. The zero-order chi connectivity index (χ0) is 16.6. The molecule has 3 rings (SSSR count). The lowest BCUT2D eigenvalue weighted by atomic mass is 9.63. The standard InChI is InChI=1S/C18H22N2O3/c1-12-10-14(23-19-12)17(21)20(4)15-11-16(18(15,2)3)22-13-8-6-5-7-9-13/h5-10,15-16H,11H2,1-4H3/t15-,16+/m1/s1. The highest BCUT2D eigenvalue weighted by atomic mass is 16.5. The molecular weight excluding hydrogens is 292 g/mol. The van der Waals surface area contributed by atoms with Crippen molar-refractivity contribution in [2.45, 2.75) is 39.3 Å². The van der Waals surface area contributed by atoms with Gasteiger partial charge in [0.2, 0.25) is 5.76 Å². The van der Waals surface area contributed by atoms with E-state index in [9.17, 15) is 4.79 Å². The van der Waals surface area contributed by atoms with E-state index in [2.05, 4.69) is 19.0 Å². The smallest absolute Gasteiger partial charge is 0.292 e. The van der Waals surface area contributed by atoms with Crippen molar-refractivity contribution in [1.29, 1.82) is 0 Å². The third-order valence-corrected chi connectivity index (χ3v) is 4.77. The maximum absolute atomic E-state index is 12.5. The third-order valence-electron chi connectivity index (χ3n) is 4.77. The summed E-state index contributed by atoms with van der Waals surface area (Å²) in [6, 6.07) is 11.6. The van der Waals surface area contributed by atoms with Gasteiger partial charge < -0.3 is 14.2 Å². The quantitative estimate of drug-likeness (QED) is 0.869. The maximum Gasteiger partial charge on any atom is 0.292 e. The third kappa shape index (κ3) is 2.83. The molecule has 5 nitrogen and oxygen atoms in total. The molecule has 122 valence electrons. The molecule has 5 heteroatoms. The molecule has 2 atom stereocenters. The van der Waals surface area contributed by atoms with E-state index < -0.39 is 0 Å². The number of aromatic nitrogens is 1. The van der Waals surface area contributed by atoms with Crippen LogP contribution in [0.3, 0.4) is 0 Å². The van der Waals surface area contributed by atoms with Gasteiger partial charge in [0.05, 0.1) is 5.69 Å². The fourth-order valence-corrected chi connectivity index (χ4v) is 3.16. The molecule has 0 unspecified atom stereocenters. The van der Waals surface area contributed by atoms with E-state index in [-0.39, 0.29) is 29.2 Å². The number of nitrogens with zero attached hydrogens (tertiary/aromatic N) is 2. The average Bonchev–Trinajstić information content (AvgIpc) is 2.97. The van der Waals surface area contributed by atoms with Crippen LogP contribution in [0.4, 0.5) is 0 Å². The molecule has 0 bridgehead atoms. The monoisotopic (exact) mass is 314 g/mol. The molecule has 0 aliphatic heterocycles. The minimum atomic E-state index is -0.137. The number of para-hydroxylation sites is 1. The van der Waals surface area contributed by atoms with Gasteiger partial charge in [-0.3, -0.25) is 4.79 Å². The van der Waals surface area contributed by atoms with E-state index >= 15 is 0 Å². The van der Waals surface area contributed by atoms with Crippen molar-refractivity contribution in [3.63, 3.8) is 0 Å². The molecule has 0 N–H and O–H groups in total. The summed E-state index contributed by atoms with van der Waals surface area (Å²) >= 11 is 0. The van der Waals surface area contributed by atoms with E-state index in [0.717, 1.165) is 12.2 Å². The maximum atomic E-state index is 12.5. The van der Waals surface area contributed by atoms with E-state index in [1.165, 1.54) is 0 Å². The van der Waals surface area contributed by atoms with Crippen LogP contribution in [0.5, 0.6) is 5.75 Å². The van der Waals surface area contributed by atoms with Crippen LogP contribution in [-0.2, 0) is 0 Å². The van der Waals surface area contributed by atoms with Crippen LogP contribution >= 0.6 is 0 Å². The second-order valence-electron chi connectivity index (χ2n) is 6.74. The van der Waals surface area contributed by atoms with Crippen molar-refractivity contribution in [1.82, 2.24) is 10.1 Å². The van der Waals surface area contributed by atoms with Gasteiger partial charge in [0.25, 0.3) is 5.91 Å². The summed E-state index contributed by atoms with van der Waals surface area (Å²) in [6.45, 7) is 6.06. The molecule has 1 aromatic carbocycles. The fourth-order valence-electron chi connectivity index (χ4n) is 3.16. The van der Waals surface area contributed by atoms with Gasteiger partial charge in [0, 0.05) is 31.0 Å². The molecule has 1 amide bonds. The summed E-state index contributed by atoms with van der Waals surface area (Å²) in [6.07, 6.45) is 0.888. The number of hydrogen-bond acceptors (Lipinski definition) is 4. The molecule has 2 aromatic rings. The van der Waals surface area contributed by atoms with Gasteiger partial charge in [-0.1, -0.05) is 37.2 Å². The lowest BCUT2D eigenvalue weighted by Crippen LogP contribution is -2.63. The predicted molar refractivity (Wildman–Crippen MR) is 86.4 cm³/mol. The van der Waals surface area contributed by atoms with Gasteiger partial charge in [-0.2, -0.15) is 0 Å². The fraction of sp³-hybridized carbons (Fsp3) is 0.444. The topological polar surface area (TPSA) is 55.6 Å². The second kappa shape index (κ2) is 5.72. The van der Waals surface area contributed by atoms with Crippen molar-refractivity contribution >= 4 is 5.91 Å². The number of carbonyl (C=O) groups is 1. The van der Waals surface area contributed by atoms with Crippen molar-refractivity contribution in [3.8, 4) is 5.75 Å². The first-order valence-corrected chi connectivity index (χ1v) is 7.82. The van der Waals surface area contributed by atoms with E-state index in [4.69, 9.17) is 9.26 Å². The van der Waals surface area contributed by atoms with Gasteiger partial charge >= 0.3 is 0 Å². The lowest BCUT2D eigenvalue weighted by Gasteiger charge is -2.54. The minimum absolute atomic E-state index is 0.0848. The van der Waals surface area contributed by atoms with Gasteiger partial charge in [0.15, 0.2) is 0 Å². The Labute approximate surface area is 136 Å². The second-order valence-corrected chi connectivity index (χ2v) is 6.74. The molecule has 1 aliphatic carbocycles. The minimum Gasteiger partial charge on any atom is -0.490 e. The van der Waals surface area contributed by atoms with Crippen LogP contribution in [0, 0.1) is 12.3 Å². The molecule has 1 heterocycles. The highest BCUT2D eigenvalue weighted by molar-refractivity contribution is 5.91. The zero-order valence-corrected chi connectivity index (χ0v) is 13.9. The van der Waals surface area contributed by atoms with Crippen LogP contribution in [0.2, 0.25) is 0 Å². The Morgan fingerprint density at radius 1 is 1.35 bits per heavy atom. The lowest BCUT2D eigenvalue weighted by molar-refractivity contribution is -0.0892. The van der Waals surface area contributed by atoms with Crippen LogP contribution < -0.4 is 4.74 Å². The van der Waals surface area contributed by atoms with Crippen molar-refractivity contribution < 1.29 is 14.1 Å². The summed E-state index contributed by atoms with van der Waals surface area (Å²) in [5.74, 6) is 1.01. The number of carbonyl (C=O) groups excluding carboxylic acids is 1. The first-order chi connectivity index (χ1) is 10.9. The van der Waals surface area contributed by atoms with E-state index in [1.54, 1.807) is 17.9 Å². The van der Waals surface area contributed by atoms with Gasteiger partial charge in [-0.25, -0.2) is 0 Å². The Morgan fingerprint density at radius 3 is 2.61 bits per heavy atom. The van der Waals surface area contributed by atoms with Crippen LogP contribution in [-0.4, -0.2) is 35.2 Å². The summed E-state index contributed by atoms with van der Waals surface area (Å²) in [5, 5.41) is 3.78. The molecule has 1 aromatic heterocycles. The van der Waals surface area contributed by atoms with Gasteiger partial charge in [0.1, 0.15) is 11.9 Å². The Balaban J connectivity index is 1.67. The van der Waals surface area contributed by atoms with Crippen LogP contribution in [0.1, 0.15) is 36.5 Å². The molecule has 1 fully saturated rings. The summed E-state index contributed by atoms with van der Waals surface area (Å²) < 4.78 is 11.1. The number of hydrogen-bond donors (Lipinski definition) is 0. The molecule has 0 saturated heterocycles. The van der Waals surface area contributed by atoms with Gasteiger partial charge in [-0.15, -0.1) is 0 Å². The molecule has 1 saturated carbocycles. The molecule has 23 heavy (non-hydrogen) atoms. The first-order valence-electron chi connectivity index (χ1n) is 7.82. The summed E-state index contributed by atoms with van der Waals surface area (Å²) in [5.41, 5.74) is 0.579. The molecule has 0 spiro atoms. The highest BCUT2D eigenvalue weighted by Gasteiger charge is 2.53. The van der Waals surface area contributed by atoms with Crippen molar-refractivity contribution in [3.05, 3.63) is 47.9 Å². The number of benzene rings is 1. The van der Waals surface area contributed by atoms with E-state index in [1.807, 2.05) is 37.4 Å². The Kier molecular flexibility index (Phi) is 3.88. The summed E-state index contributed by atoms with van der Waals surface area (Å²) in [7, 11) is 1.81. The zero-order valence-electron chi connectivity index (χ0n) is 13.9. The number of amides is 1. The molecule has 0 radical (unpaired) electrons. The number of rotatable bonds is 4. The Morgan fingerprint density at radius 2 is 2.04 bits per heavy atom. The number of ether oxygens (including phenoxy) is 1. The van der Waals surface area contributed by atoms with Gasteiger partial charge in [-0.05, 0) is 19.1 Å². The first kappa shape index (κ1) is 15.6. The Bertz CT molecular complexity index is 693. The Hall–Kier alpha value is -2.30. The molecule has 1 aliphatic rings. The highest BCUT2D eigenvalue weighted by Crippen LogP contribution is 2.45. The largest absolute Gasteiger partial charge is 0.490 e.